The van der Waals surface area contributed by atoms with Gasteiger partial charge in [-0.2, -0.15) is 0 Å². The molecule has 1 aromatic rings. The van der Waals surface area contributed by atoms with Crippen molar-refractivity contribution in [2.45, 2.75) is 39.5 Å². The van der Waals surface area contributed by atoms with Gasteiger partial charge in [-0.05, 0) is 42.0 Å². The Morgan fingerprint density at radius 3 is 2.78 bits per heavy atom. The zero-order valence-corrected chi connectivity index (χ0v) is 13.0. The second-order valence-corrected chi connectivity index (χ2v) is 5.46. The lowest BCUT2D eigenvalue weighted by Gasteiger charge is -2.06. The van der Waals surface area contributed by atoms with Crippen LogP contribution >= 0.6 is 22.6 Å². The van der Waals surface area contributed by atoms with Crippen molar-refractivity contribution in [2.75, 3.05) is 6.54 Å². The molecule has 0 aromatic carbocycles. The molecule has 1 rings (SSSR count). The van der Waals surface area contributed by atoms with Crippen LogP contribution in [-0.4, -0.2) is 17.4 Å². The van der Waals surface area contributed by atoms with E-state index >= 15 is 0 Å². The van der Waals surface area contributed by atoms with Gasteiger partial charge in [-0.25, -0.2) is 0 Å². The number of aromatic amines is 1. The second-order valence-electron chi connectivity index (χ2n) is 4.30. The van der Waals surface area contributed by atoms with Gasteiger partial charge in [0.2, 0.25) is 0 Å². The monoisotopic (exact) mass is 362 g/mol. The van der Waals surface area contributed by atoms with Gasteiger partial charge in [-0.15, -0.1) is 0 Å². The van der Waals surface area contributed by atoms with E-state index in [1.807, 2.05) is 6.92 Å². The smallest absolute Gasteiger partial charge is 0.261 e. The van der Waals surface area contributed by atoms with Gasteiger partial charge < -0.3 is 10.3 Å². The standard InChI is InChI=1S/C13H19IN2O2/c1-3-4-5-6-7-15-12(17)10-8-11(14)9(2)16-13(10)18/h8H,3-7H2,1-2H3,(H,15,17)(H,16,18). The third-order valence-corrected chi connectivity index (χ3v) is 3.86. The van der Waals surface area contributed by atoms with Crippen LogP contribution in [0, 0.1) is 10.5 Å². The number of pyridine rings is 1. The van der Waals surface area contributed by atoms with E-state index in [1.165, 1.54) is 12.8 Å². The Bertz CT molecular complexity index is 469. The highest BCUT2D eigenvalue weighted by Gasteiger charge is 2.11. The first-order valence-corrected chi connectivity index (χ1v) is 7.31. The molecule has 4 nitrogen and oxygen atoms in total. The maximum absolute atomic E-state index is 11.8. The lowest BCUT2D eigenvalue weighted by molar-refractivity contribution is 0.0951. The topological polar surface area (TPSA) is 62.0 Å². The molecule has 1 aromatic heterocycles. The molecule has 0 aliphatic carbocycles. The number of rotatable bonds is 6. The third kappa shape index (κ3) is 4.44. The zero-order valence-electron chi connectivity index (χ0n) is 10.8. The van der Waals surface area contributed by atoms with E-state index in [2.05, 4.69) is 39.8 Å². The van der Waals surface area contributed by atoms with Crippen molar-refractivity contribution in [1.29, 1.82) is 0 Å². The highest BCUT2D eigenvalue weighted by Crippen LogP contribution is 2.07. The number of amides is 1. The molecule has 18 heavy (non-hydrogen) atoms. The van der Waals surface area contributed by atoms with Gasteiger partial charge in [0.1, 0.15) is 5.56 Å². The van der Waals surface area contributed by atoms with Crippen LogP contribution in [0.5, 0.6) is 0 Å². The van der Waals surface area contributed by atoms with E-state index in [0.29, 0.717) is 6.54 Å². The fourth-order valence-electron chi connectivity index (χ4n) is 1.62. The van der Waals surface area contributed by atoms with Gasteiger partial charge in [-0.1, -0.05) is 26.2 Å². The van der Waals surface area contributed by atoms with Crippen LogP contribution < -0.4 is 10.9 Å². The Morgan fingerprint density at radius 2 is 2.11 bits per heavy atom. The van der Waals surface area contributed by atoms with Crippen LogP contribution in [0.2, 0.25) is 0 Å². The second kappa shape index (κ2) is 7.56. The lowest BCUT2D eigenvalue weighted by atomic mass is 10.2. The molecule has 0 atom stereocenters. The van der Waals surface area contributed by atoms with Gasteiger partial charge in [0.05, 0.1) is 0 Å². The van der Waals surface area contributed by atoms with E-state index < -0.39 is 0 Å². The summed E-state index contributed by atoms with van der Waals surface area (Å²) in [5.41, 5.74) is 0.666. The lowest BCUT2D eigenvalue weighted by Crippen LogP contribution is -2.30. The number of H-pyrrole nitrogens is 1. The Kier molecular flexibility index (Phi) is 6.38. The van der Waals surface area contributed by atoms with Crippen molar-refractivity contribution in [3.05, 3.63) is 31.2 Å². The minimum absolute atomic E-state index is 0.195. The summed E-state index contributed by atoms with van der Waals surface area (Å²) < 4.78 is 0.892. The highest BCUT2D eigenvalue weighted by molar-refractivity contribution is 14.1. The number of halogens is 1. The molecule has 0 spiro atoms. The minimum Gasteiger partial charge on any atom is -0.352 e. The Balaban J connectivity index is 2.57. The molecule has 0 saturated heterocycles. The Hall–Kier alpha value is -0.850. The van der Waals surface area contributed by atoms with Crippen LogP contribution in [0.3, 0.4) is 0 Å². The molecule has 5 heteroatoms. The maximum atomic E-state index is 11.8. The SMILES string of the molecule is CCCCCCNC(=O)c1cc(I)c(C)[nH]c1=O. The zero-order chi connectivity index (χ0) is 13.5. The van der Waals surface area contributed by atoms with Crippen LogP contribution in [0.15, 0.2) is 10.9 Å². The predicted molar refractivity (Wildman–Crippen MR) is 81.0 cm³/mol. The van der Waals surface area contributed by atoms with E-state index in [9.17, 15) is 9.59 Å². The molecule has 0 unspecified atom stereocenters. The average molecular weight is 362 g/mol. The molecule has 0 fully saturated rings. The molecule has 100 valence electrons. The fraction of sp³-hybridized carbons (Fsp3) is 0.538. The quantitative estimate of drug-likeness (QED) is 0.604. The number of hydrogen-bond donors (Lipinski definition) is 2. The van der Waals surface area contributed by atoms with E-state index in [0.717, 1.165) is 22.1 Å². The van der Waals surface area contributed by atoms with Gasteiger partial charge in [0.15, 0.2) is 0 Å². The van der Waals surface area contributed by atoms with Crippen molar-refractivity contribution in [2.24, 2.45) is 0 Å². The van der Waals surface area contributed by atoms with Crippen LogP contribution in [0.1, 0.15) is 48.7 Å². The average Bonchev–Trinajstić information content (AvgIpc) is 2.33. The Labute approximate surface area is 121 Å². The molecular weight excluding hydrogens is 343 g/mol. The molecule has 0 aliphatic heterocycles. The third-order valence-electron chi connectivity index (χ3n) is 2.74. The summed E-state index contributed by atoms with van der Waals surface area (Å²) in [5.74, 6) is -0.286. The maximum Gasteiger partial charge on any atom is 0.261 e. The normalized spacial score (nSPS) is 10.4. The largest absolute Gasteiger partial charge is 0.352 e. The number of nitrogens with one attached hydrogen (secondary N) is 2. The molecule has 1 heterocycles. The van der Waals surface area contributed by atoms with Crippen molar-refractivity contribution < 1.29 is 4.79 Å². The fourth-order valence-corrected chi connectivity index (χ4v) is 2.06. The Morgan fingerprint density at radius 1 is 1.39 bits per heavy atom. The number of hydrogen-bond acceptors (Lipinski definition) is 2. The molecule has 2 N–H and O–H groups in total. The summed E-state index contributed by atoms with van der Waals surface area (Å²) in [7, 11) is 0. The van der Waals surface area contributed by atoms with Gasteiger partial charge in [0, 0.05) is 15.8 Å². The van der Waals surface area contributed by atoms with Crippen molar-refractivity contribution >= 4 is 28.5 Å². The number of unbranched alkanes of at least 4 members (excludes halogenated alkanes) is 3. The van der Waals surface area contributed by atoms with Gasteiger partial charge >= 0.3 is 0 Å². The first-order valence-electron chi connectivity index (χ1n) is 6.24. The summed E-state index contributed by atoms with van der Waals surface area (Å²) in [6, 6.07) is 1.64. The van der Waals surface area contributed by atoms with Crippen LogP contribution in [0.25, 0.3) is 0 Å². The first-order chi connectivity index (χ1) is 8.56. The molecule has 0 bridgehead atoms. The summed E-state index contributed by atoms with van der Waals surface area (Å²) >= 11 is 2.11. The number of carbonyl (C=O) groups excluding carboxylic acids is 1. The number of aryl methyl sites for hydroxylation is 1. The minimum atomic E-state index is -0.320. The van der Waals surface area contributed by atoms with Crippen molar-refractivity contribution in [1.82, 2.24) is 10.3 Å². The van der Waals surface area contributed by atoms with E-state index in [1.54, 1.807) is 6.07 Å². The molecule has 0 aliphatic rings. The van der Waals surface area contributed by atoms with Crippen molar-refractivity contribution in [3.8, 4) is 0 Å². The molecular formula is C13H19IN2O2. The summed E-state index contributed by atoms with van der Waals surface area (Å²) in [6.07, 6.45) is 4.42. The van der Waals surface area contributed by atoms with Gasteiger partial charge in [-0.3, -0.25) is 9.59 Å². The summed E-state index contributed by atoms with van der Waals surface area (Å²) in [4.78, 5) is 26.2. The van der Waals surface area contributed by atoms with Crippen molar-refractivity contribution in [3.63, 3.8) is 0 Å². The molecule has 1 amide bonds. The number of carbonyl (C=O) groups is 1. The van der Waals surface area contributed by atoms with Crippen LogP contribution in [0.4, 0.5) is 0 Å². The highest BCUT2D eigenvalue weighted by atomic mass is 127. The number of aromatic nitrogens is 1. The predicted octanol–water partition coefficient (Wildman–Crippen LogP) is 2.60. The van der Waals surface area contributed by atoms with Crippen LogP contribution in [-0.2, 0) is 0 Å². The molecule has 0 saturated carbocycles. The molecule has 0 radical (unpaired) electrons. The summed E-state index contributed by atoms with van der Waals surface area (Å²) in [6.45, 7) is 4.59. The summed E-state index contributed by atoms with van der Waals surface area (Å²) in [5, 5.41) is 2.78. The first kappa shape index (κ1) is 15.2. The van der Waals surface area contributed by atoms with E-state index in [4.69, 9.17) is 0 Å². The van der Waals surface area contributed by atoms with Gasteiger partial charge in [0.25, 0.3) is 11.5 Å². The van der Waals surface area contributed by atoms with E-state index in [-0.39, 0.29) is 17.0 Å².